The summed E-state index contributed by atoms with van der Waals surface area (Å²) in [6.07, 6.45) is -11.4. The summed E-state index contributed by atoms with van der Waals surface area (Å²) in [4.78, 5) is 12.0. The molecule has 0 saturated heterocycles. The van der Waals surface area contributed by atoms with Crippen molar-refractivity contribution in [1.82, 2.24) is 0 Å². The lowest BCUT2D eigenvalue weighted by Gasteiger charge is -2.18. The number of halogens is 6. The molecule has 0 saturated carbocycles. The number of benzene rings is 2. The molecule has 0 N–H and O–H groups in total. The summed E-state index contributed by atoms with van der Waals surface area (Å²) in [5.74, 6) is -0.723. The van der Waals surface area contributed by atoms with Crippen LogP contribution in [-0.2, 0) is 17.1 Å². The Kier molecular flexibility index (Phi) is 4.12. The fraction of sp³-hybridized carbons (Fsp3) is 0.235. The summed E-state index contributed by atoms with van der Waals surface area (Å²) >= 11 is 0. The number of carbonyl (C=O) groups excluding carboxylic acids is 1. The number of alkyl halides is 6. The zero-order chi connectivity index (χ0) is 19.3. The number of carbonyl (C=O) groups is 1. The van der Waals surface area contributed by atoms with E-state index >= 15 is 0 Å². The normalized spacial score (nSPS) is 17.0. The van der Waals surface area contributed by atoms with Crippen molar-refractivity contribution in [3.63, 3.8) is 0 Å². The van der Waals surface area contributed by atoms with Gasteiger partial charge in [0.25, 0.3) is 0 Å². The number of rotatable bonds is 2. The van der Waals surface area contributed by atoms with Gasteiger partial charge in [-0.2, -0.15) is 26.3 Å². The van der Waals surface area contributed by atoms with Crippen LogP contribution in [0.1, 0.15) is 38.7 Å². The highest BCUT2D eigenvalue weighted by molar-refractivity contribution is 5.95. The fourth-order valence-corrected chi connectivity index (χ4v) is 2.76. The smallest absolute Gasteiger partial charge is 0.416 e. The molecule has 0 spiro atoms. The summed E-state index contributed by atoms with van der Waals surface area (Å²) in [6.45, 7) is 0. The Morgan fingerprint density at radius 3 is 2.04 bits per heavy atom. The maximum Gasteiger partial charge on any atom is 0.416 e. The average Bonchev–Trinajstić information content (AvgIpc) is 2.90. The van der Waals surface area contributed by atoms with Gasteiger partial charge in [-0.25, -0.2) is 4.79 Å². The molecule has 0 radical (unpaired) electrons. The summed E-state index contributed by atoms with van der Waals surface area (Å²) in [5, 5.41) is 0. The van der Waals surface area contributed by atoms with Gasteiger partial charge in [-0.15, -0.1) is 0 Å². The minimum Gasteiger partial charge on any atom is -0.496 e. The molecule has 9 heteroatoms. The number of hydrogen-bond acceptors (Lipinski definition) is 3. The van der Waals surface area contributed by atoms with Gasteiger partial charge in [0.1, 0.15) is 5.75 Å². The van der Waals surface area contributed by atoms with Crippen LogP contribution in [0.4, 0.5) is 26.3 Å². The molecule has 1 aliphatic heterocycles. The second-order valence-corrected chi connectivity index (χ2v) is 5.55. The van der Waals surface area contributed by atoms with Crippen molar-refractivity contribution in [3.8, 4) is 5.75 Å². The van der Waals surface area contributed by atoms with E-state index in [2.05, 4.69) is 0 Å². The number of hydrogen-bond donors (Lipinski definition) is 0. The molecule has 3 nitrogen and oxygen atoms in total. The van der Waals surface area contributed by atoms with E-state index < -0.39 is 41.1 Å². The molecule has 1 heterocycles. The quantitative estimate of drug-likeness (QED) is 0.547. The summed E-state index contributed by atoms with van der Waals surface area (Å²) in [6, 6.07) is 5.35. The van der Waals surface area contributed by atoms with E-state index in [1.165, 1.54) is 25.3 Å². The van der Waals surface area contributed by atoms with Gasteiger partial charge in [-0.1, -0.05) is 6.07 Å². The van der Waals surface area contributed by atoms with E-state index in [1.54, 1.807) is 0 Å². The van der Waals surface area contributed by atoms with Crippen LogP contribution in [0.15, 0.2) is 36.4 Å². The first-order valence-electron chi connectivity index (χ1n) is 7.19. The second kappa shape index (κ2) is 5.93. The van der Waals surface area contributed by atoms with Crippen molar-refractivity contribution in [2.45, 2.75) is 18.5 Å². The van der Waals surface area contributed by atoms with Crippen LogP contribution < -0.4 is 4.74 Å². The molecular weight excluding hydrogens is 366 g/mol. The lowest BCUT2D eigenvalue weighted by atomic mass is 9.95. The molecular formula is C17H10F6O3. The average molecular weight is 376 g/mol. The van der Waals surface area contributed by atoms with E-state index in [4.69, 9.17) is 9.47 Å². The van der Waals surface area contributed by atoms with Crippen molar-refractivity contribution in [2.24, 2.45) is 0 Å². The molecule has 0 aromatic heterocycles. The van der Waals surface area contributed by atoms with Gasteiger partial charge < -0.3 is 9.47 Å². The Balaban J connectivity index is 2.22. The SMILES string of the molecule is COc1cccc2c1C(c1cc(C(F)(F)F)cc(C(F)(F)F)c1)OC2=O. The van der Waals surface area contributed by atoms with Crippen LogP contribution in [0.25, 0.3) is 0 Å². The Bertz CT molecular complexity index is 838. The molecule has 1 unspecified atom stereocenters. The van der Waals surface area contributed by atoms with Gasteiger partial charge in [0.15, 0.2) is 6.10 Å². The summed E-state index contributed by atoms with van der Waals surface area (Å²) in [5.41, 5.74) is -3.29. The number of esters is 1. The third-order valence-electron chi connectivity index (χ3n) is 3.91. The molecule has 1 atom stereocenters. The molecule has 26 heavy (non-hydrogen) atoms. The van der Waals surface area contributed by atoms with E-state index in [0.717, 1.165) is 0 Å². The Morgan fingerprint density at radius 1 is 0.962 bits per heavy atom. The monoisotopic (exact) mass is 376 g/mol. The third-order valence-corrected chi connectivity index (χ3v) is 3.91. The van der Waals surface area contributed by atoms with Crippen molar-refractivity contribution < 1.29 is 40.6 Å². The fourth-order valence-electron chi connectivity index (χ4n) is 2.76. The van der Waals surface area contributed by atoms with Gasteiger partial charge in [-0.05, 0) is 35.9 Å². The van der Waals surface area contributed by atoms with Gasteiger partial charge in [0.05, 0.1) is 29.4 Å². The van der Waals surface area contributed by atoms with E-state index in [9.17, 15) is 31.1 Å². The Hall–Kier alpha value is -2.71. The molecule has 0 fully saturated rings. The van der Waals surface area contributed by atoms with Gasteiger partial charge in [0.2, 0.25) is 0 Å². The maximum absolute atomic E-state index is 13.0. The van der Waals surface area contributed by atoms with Crippen LogP contribution in [0, 0.1) is 0 Å². The first kappa shape index (κ1) is 18.1. The zero-order valence-electron chi connectivity index (χ0n) is 13.0. The largest absolute Gasteiger partial charge is 0.496 e. The molecule has 0 bridgehead atoms. The number of fused-ring (bicyclic) bond motifs is 1. The first-order chi connectivity index (χ1) is 12.0. The van der Waals surface area contributed by atoms with Crippen molar-refractivity contribution in [2.75, 3.05) is 7.11 Å². The predicted octanol–water partition coefficient (Wildman–Crippen LogP) is 4.99. The van der Waals surface area contributed by atoms with E-state index in [0.29, 0.717) is 12.1 Å². The van der Waals surface area contributed by atoms with Crippen LogP contribution in [0.3, 0.4) is 0 Å². The van der Waals surface area contributed by atoms with Crippen molar-refractivity contribution >= 4 is 5.97 Å². The Morgan fingerprint density at radius 2 is 1.54 bits per heavy atom. The van der Waals surface area contributed by atoms with Crippen molar-refractivity contribution in [3.05, 3.63) is 64.2 Å². The van der Waals surface area contributed by atoms with Crippen LogP contribution in [0.5, 0.6) is 5.75 Å². The van der Waals surface area contributed by atoms with E-state index in [-0.39, 0.29) is 22.9 Å². The van der Waals surface area contributed by atoms with Gasteiger partial charge in [0, 0.05) is 0 Å². The molecule has 0 amide bonds. The number of cyclic esters (lactones) is 1. The lowest BCUT2D eigenvalue weighted by Crippen LogP contribution is -2.13. The highest BCUT2D eigenvalue weighted by Gasteiger charge is 2.41. The lowest BCUT2D eigenvalue weighted by molar-refractivity contribution is -0.143. The molecule has 1 aliphatic rings. The Labute approximate surface area is 143 Å². The van der Waals surface area contributed by atoms with E-state index in [1.807, 2.05) is 0 Å². The molecule has 2 aromatic rings. The third kappa shape index (κ3) is 3.09. The molecule has 138 valence electrons. The molecule has 3 rings (SSSR count). The first-order valence-corrected chi connectivity index (χ1v) is 7.19. The number of methoxy groups -OCH3 is 1. The zero-order valence-corrected chi connectivity index (χ0v) is 13.0. The van der Waals surface area contributed by atoms with Crippen LogP contribution in [-0.4, -0.2) is 13.1 Å². The molecule has 0 aliphatic carbocycles. The van der Waals surface area contributed by atoms with Crippen LogP contribution in [0.2, 0.25) is 0 Å². The van der Waals surface area contributed by atoms with Gasteiger partial charge in [-0.3, -0.25) is 0 Å². The van der Waals surface area contributed by atoms with Crippen molar-refractivity contribution in [1.29, 1.82) is 0 Å². The highest BCUT2D eigenvalue weighted by atomic mass is 19.4. The van der Waals surface area contributed by atoms with Crippen LogP contribution >= 0.6 is 0 Å². The summed E-state index contributed by atoms with van der Waals surface area (Å²) in [7, 11) is 1.27. The maximum atomic E-state index is 13.0. The standard InChI is InChI=1S/C17H10F6O3/c1-25-12-4-2-3-11-13(12)14(26-15(11)24)8-5-9(16(18,19)20)7-10(6-8)17(21,22)23/h2-7,14H,1H3. The predicted molar refractivity (Wildman–Crippen MR) is 76.7 cm³/mol. The minimum atomic E-state index is -5.00. The molecule has 2 aromatic carbocycles. The highest BCUT2D eigenvalue weighted by Crippen LogP contribution is 2.44. The summed E-state index contributed by atoms with van der Waals surface area (Å²) < 4.78 is 88.4. The van der Waals surface area contributed by atoms with Gasteiger partial charge >= 0.3 is 18.3 Å². The second-order valence-electron chi connectivity index (χ2n) is 5.55. The number of ether oxygens (including phenoxy) is 2. The topological polar surface area (TPSA) is 35.5 Å². The minimum absolute atomic E-state index is 0.0173.